The van der Waals surface area contributed by atoms with Crippen molar-refractivity contribution in [2.24, 2.45) is 5.92 Å². The molecule has 0 aromatic carbocycles. The molecule has 4 nitrogen and oxygen atoms in total. The summed E-state index contributed by atoms with van der Waals surface area (Å²) < 4.78 is 1.83. The zero-order valence-corrected chi connectivity index (χ0v) is 9.78. The number of nitrogens with zero attached hydrogens (tertiary/aromatic N) is 2. The maximum Gasteiger partial charge on any atom is 0.179 e. The van der Waals surface area contributed by atoms with Gasteiger partial charge in [0, 0.05) is 12.7 Å². The fourth-order valence-corrected chi connectivity index (χ4v) is 1.67. The Morgan fingerprint density at radius 3 is 3.12 bits per heavy atom. The van der Waals surface area contributed by atoms with Crippen molar-refractivity contribution in [3.63, 3.8) is 0 Å². The molecule has 1 fully saturated rings. The summed E-state index contributed by atoms with van der Waals surface area (Å²) in [6, 6.07) is 0. The van der Waals surface area contributed by atoms with Crippen LogP contribution >= 0.6 is 0 Å². The van der Waals surface area contributed by atoms with Gasteiger partial charge < -0.3 is 5.32 Å². The van der Waals surface area contributed by atoms with Crippen molar-refractivity contribution in [3.8, 4) is 0 Å². The van der Waals surface area contributed by atoms with Crippen molar-refractivity contribution in [1.29, 1.82) is 0 Å². The van der Waals surface area contributed by atoms with Crippen molar-refractivity contribution >= 4 is 5.78 Å². The van der Waals surface area contributed by atoms with Crippen molar-refractivity contribution < 1.29 is 4.79 Å². The predicted molar refractivity (Wildman–Crippen MR) is 62.4 cm³/mol. The van der Waals surface area contributed by atoms with Gasteiger partial charge in [-0.25, -0.2) is 0 Å². The maximum absolute atomic E-state index is 11.7. The molecule has 16 heavy (non-hydrogen) atoms. The Morgan fingerprint density at radius 1 is 1.62 bits per heavy atom. The number of aromatic nitrogens is 2. The van der Waals surface area contributed by atoms with E-state index >= 15 is 0 Å². The molecule has 1 aliphatic carbocycles. The second kappa shape index (κ2) is 5.25. The van der Waals surface area contributed by atoms with Gasteiger partial charge >= 0.3 is 0 Å². The molecule has 0 amide bonds. The average Bonchev–Trinajstić information content (AvgIpc) is 2.97. The third kappa shape index (κ3) is 3.17. The second-order valence-electron chi connectivity index (χ2n) is 4.49. The topological polar surface area (TPSA) is 46.9 Å². The highest BCUT2D eigenvalue weighted by molar-refractivity contribution is 5.97. The molecule has 0 atom stereocenters. The molecule has 1 aromatic rings. The molecule has 0 bridgehead atoms. The Balaban J connectivity index is 1.77. The highest BCUT2D eigenvalue weighted by atomic mass is 16.1. The van der Waals surface area contributed by atoms with Gasteiger partial charge in [0.1, 0.15) is 0 Å². The molecule has 0 unspecified atom stereocenters. The van der Waals surface area contributed by atoms with Crippen LogP contribution in [0.3, 0.4) is 0 Å². The summed E-state index contributed by atoms with van der Waals surface area (Å²) in [4.78, 5) is 11.7. The van der Waals surface area contributed by atoms with Gasteiger partial charge in [-0.3, -0.25) is 9.48 Å². The van der Waals surface area contributed by atoms with E-state index in [0.29, 0.717) is 6.54 Å². The van der Waals surface area contributed by atoms with Crippen LogP contribution in [0.25, 0.3) is 0 Å². The van der Waals surface area contributed by atoms with Crippen LogP contribution in [0.15, 0.2) is 12.4 Å². The first-order valence-corrected chi connectivity index (χ1v) is 6.06. The van der Waals surface area contributed by atoms with Crippen LogP contribution in [0.2, 0.25) is 0 Å². The summed E-state index contributed by atoms with van der Waals surface area (Å²) in [5, 5.41) is 7.35. The molecule has 2 rings (SSSR count). The van der Waals surface area contributed by atoms with Gasteiger partial charge in [0.25, 0.3) is 0 Å². The number of carbonyl (C=O) groups excluding carboxylic acids is 1. The standard InChI is InChI=1S/C12H19N3O/c1-2-5-15-9-11(7-14-15)12(16)8-13-6-10-3-4-10/h7,9-10,13H,2-6,8H2,1H3. The number of ketones is 1. The fraction of sp³-hybridized carbons (Fsp3) is 0.667. The lowest BCUT2D eigenvalue weighted by Crippen LogP contribution is -2.24. The first-order valence-electron chi connectivity index (χ1n) is 6.06. The molecule has 1 N–H and O–H groups in total. The van der Waals surface area contributed by atoms with Gasteiger partial charge in [0.2, 0.25) is 0 Å². The van der Waals surface area contributed by atoms with Gasteiger partial charge in [-0.05, 0) is 31.7 Å². The van der Waals surface area contributed by atoms with Gasteiger partial charge in [-0.15, -0.1) is 0 Å². The Kier molecular flexibility index (Phi) is 3.72. The average molecular weight is 221 g/mol. The molecule has 0 saturated heterocycles. The van der Waals surface area contributed by atoms with E-state index in [1.807, 2.05) is 10.9 Å². The normalized spacial score (nSPS) is 15.3. The smallest absolute Gasteiger partial charge is 0.179 e. The SMILES string of the molecule is CCCn1cc(C(=O)CNCC2CC2)cn1. The van der Waals surface area contributed by atoms with Gasteiger partial charge in [0.05, 0.1) is 18.3 Å². The van der Waals surface area contributed by atoms with E-state index in [0.717, 1.165) is 31.0 Å². The molecular formula is C12H19N3O. The Bertz CT molecular complexity index is 355. The molecule has 1 heterocycles. The lowest BCUT2D eigenvalue weighted by atomic mass is 10.2. The summed E-state index contributed by atoms with van der Waals surface area (Å²) in [5.41, 5.74) is 0.719. The lowest BCUT2D eigenvalue weighted by Gasteiger charge is -2.00. The zero-order valence-electron chi connectivity index (χ0n) is 9.78. The first kappa shape index (κ1) is 11.3. The first-order chi connectivity index (χ1) is 7.79. The minimum Gasteiger partial charge on any atom is -0.309 e. The molecule has 0 aliphatic heterocycles. The molecule has 0 radical (unpaired) electrons. The van der Waals surface area contributed by atoms with E-state index < -0.39 is 0 Å². The Labute approximate surface area is 96.0 Å². The third-order valence-corrected chi connectivity index (χ3v) is 2.82. The van der Waals surface area contributed by atoms with Crippen LogP contribution in [0, 0.1) is 5.92 Å². The molecule has 4 heteroatoms. The number of aryl methyl sites for hydroxylation is 1. The predicted octanol–water partition coefficient (Wildman–Crippen LogP) is 1.48. The van der Waals surface area contributed by atoms with Crippen molar-refractivity contribution in [2.45, 2.75) is 32.7 Å². The van der Waals surface area contributed by atoms with E-state index in [9.17, 15) is 4.79 Å². The number of Topliss-reactive ketones (excluding diaryl/α,β-unsaturated/α-hetero) is 1. The van der Waals surface area contributed by atoms with E-state index in [1.54, 1.807) is 6.20 Å². The molecular weight excluding hydrogens is 202 g/mol. The van der Waals surface area contributed by atoms with Crippen LogP contribution in [-0.4, -0.2) is 28.7 Å². The van der Waals surface area contributed by atoms with Crippen LogP contribution in [0.4, 0.5) is 0 Å². The molecule has 1 aliphatic rings. The summed E-state index contributed by atoms with van der Waals surface area (Å²) >= 11 is 0. The molecule has 88 valence electrons. The highest BCUT2D eigenvalue weighted by Crippen LogP contribution is 2.27. The summed E-state index contributed by atoms with van der Waals surface area (Å²) in [7, 11) is 0. The number of rotatable bonds is 7. The Hall–Kier alpha value is -1.16. The third-order valence-electron chi connectivity index (χ3n) is 2.82. The van der Waals surface area contributed by atoms with E-state index in [-0.39, 0.29) is 5.78 Å². The van der Waals surface area contributed by atoms with E-state index in [2.05, 4.69) is 17.3 Å². The largest absolute Gasteiger partial charge is 0.309 e. The van der Waals surface area contributed by atoms with Crippen LogP contribution < -0.4 is 5.32 Å². The number of hydrogen-bond donors (Lipinski definition) is 1. The van der Waals surface area contributed by atoms with Crippen LogP contribution in [0.1, 0.15) is 36.5 Å². The zero-order chi connectivity index (χ0) is 11.4. The monoisotopic (exact) mass is 221 g/mol. The number of hydrogen-bond acceptors (Lipinski definition) is 3. The molecule has 1 aromatic heterocycles. The minimum atomic E-state index is 0.142. The quantitative estimate of drug-likeness (QED) is 0.709. The fourth-order valence-electron chi connectivity index (χ4n) is 1.67. The van der Waals surface area contributed by atoms with Crippen LogP contribution in [-0.2, 0) is 6.54 Å². The van der Waals surface area contributed by atoms with E-state index in [1.165, 1.54) is 12.8 Å². The maximum atomic E-state index is 11.7. The van der Waals surface area contributed by atoms with Gasteiger partial charge in [0.15, 0.2) is 5.78 Å². The second-order valence-corrected chi connectivity index (χ2v) is 4.49. The molecule has 1 saturated carbocycles. The number of carbonyl (C=O) groups is 1. The minimum absolute atomic E-state index is 0.142. The van der Waals surface area contributed by atoms with Crippen molar-refractivity contribution in [1.82, 2.24) is 15.1 Å². The van der Waals surface area contributed by atoms with Crippen LogP contribution in [0.5, 0.6) is 0 Å². The van der Waals surface area contributed by atoms with Crippen molar-refractivity contribution in [2.75, 3.05) is 13.1 Å². The Morgan fingerprint density at radius 2 is 2.44 bits per heavy atom. The lowest BCUT2D eigenvalue weighted by molar-refractivity contribution is 0.0991. The van der Waals surface area contributed by atoms with Gasteiger partial charge in [-0.1, -0.05) is 6.92 Å². The summed E-state index contributed by atoms with van der Waals surface area (Å²) in [6.07, 6.45) is 7.17. The number of nitrogens with one attached hydrogen (secondary N) is 1. The summed E-state index contributed by atoms with van der Waals surface area (Å²) in [5.74, 6) is 0.957. The van der Waals surface area contributed by atoms with Crippen molar-refractivity contribution in [3.05, 3.63) is 18.0 Å². The van der Waals surface area contributed by atoms with Gasteiger partial charge in [-0.2, -0.15) is 5.10 Å². The highest BCUT2D eigenvalue weighted by Gasteiger charge is 2.20. The molecule has 0 spiro atoms. The van der Waals surface area contributed by atoms with E-state index in [4.69, 9.17) is 0 Å². The summed E-state index contributed by atoms with van der Waals surface area (Å²) in [6.45, 7) is 4.40.